The molecule has 5 heteroatoms. The van der Waals surface area contributed by atoms with Crippen molar-refractivity contribution in [2.75, 3.05) is 20.1 Å². The molecule has 86 valence electrons. The van der Waals surface area contributed by atoms with Crippen molar-refractivity contribution >= 4 is 11.9 Å². The Hall–Kier alpha value is -1.10. The lowest BCUT2D eigenvalue weighted by atomic mass is 10.0. The van der Waals surface area contributed by atoms with E-state index in [1.165, 1.54) is 0 Å². The van der Waals surface area contributed by atoms with Gasteiger partial charge in [0.1, 0.15) is 6.04 Å². The average Bonchev–Trinajstić information content (AvgIpc) is 2.13. The Bertz CT molecular complexity index is 267. The van der Waals surface area contributed by atoms with Crippen molar-refractivity contribution in [1.82, 2.24) is 9.80 Å². The summed E-state index contributed by atoms with van der Waals surface area (Å²) in [4.78, 5) is 26.1. The molecule has 1 saturated heterocycles. The van der Waals surface area contributed by atoms with E-state index in [9.17, 15) is 9.59 Å². The van der Waals surface area contributed by atoms with Crippen molar-refractivity contribution in [2.45, 2.75) is 32.4 Å². The molecule has 0 aromatic heterocycles. The lowest BCUT2D eigenvalue weighted by molar-refractivity contribution is -0.150. The number of nitrogens with zero attached hydrogens (tertiary/aromatic N) is 2. The largest absolute Gasteiger partial charge is 0.481 e. The summed E-state index contributed by atoms with van der Waals surface area (Å²) < 4.78 is 0. The molecule has 0 spiro atoms. The summed E-state index contributed by atoms with van der Waals surface area (Å²) in [6.45, 7) is 5.34. The van der Waals surface area contributed by atoms with Gasteiger partial charge in [0.15, 0.2) is 0 Å². The Morgan fingerprint density at radius 1 is 1.60 bits per heavy atom. The van der Waals surface area contributed by atoms with Gasteiger partial charge in [-0.2, -0.15) is 0 Å². The summed E-state index contributed by atoms with van der Waals surface area (Å²) in [5.41, 5.74) is 0. The van der Waals surface area contributed by atoms with Crippen LogP contribution in [0.5, 0.6) is 0 Å². The van der Waals surface area contributed by atoms with Crippen LogP contribution in [0.25, 0.3) is 0 Å². The molecule has 1 aliphatic rings. The summed E-state index contributed by atoms with van der Waals surface area (Å²) in [6.07, 6.45) is -0.110. The fourth-order valence-electron chi connectivity index (χ4n) is 2.20. The SMILES string of the molecule is CCN1C(C)CN(C)C(=O)C1CC(=O)O. The molecule has 0 saturated carbocycles. The average molecular weight is 214 g/mol. The van der Waals surface area contributed by atoms with Crippen molar-refractivity contribution in [3.8, 4) is 0 Å². The first-order valence-corrected chi connectivity index (χ1v) is 5.19. The molecule has 5 nitrogen and oxygen atoms in total. The molecule has 0 aliphatic carbocycles. The Balaban J connectivity index is 2.83. The predicted octanol–water partition coefficient (Wildman–Crippen LogP) is 0.0121. The maximum atomic E-state index is 11.8. The highest BCUT2D eigenvalue weighted by atomic mass is 16.4. The van der Waals surface area contributed by atoms with E-state index in [1.807, 2.05) is 18.7 Å². The normalized spacial score (nSPS) is 28.2. The molecule has 1 amide bonds. The van der Waals surface area contributed by atoms with Gasteiger partial charge in [0.25, 0.3) is 0 Å². The van der Waals surface area contributed by atoms with E-state index in [1.54, 1.807) is 11.9 Å². The Morgan fingerprint density at radius 3 is 2.67 bits per heavy atom. The van der Waals surface area contributed by atoms with E-state index in [2.05, 4.69) is 0 Å². The van der Waals surface area contributed by atoms with Gasteiger partial charge in [0, 0.05) is 19.6 Å². The van der Waals surface area contributed by atoms with Gasteiger partial charge < -0.3 is 10.0 Å². The standard InChI is InChI=1S/C10H18N2O3/c1-4-12-7(2)6-11(3)10(15)8(12)5-9(13)14/h7-8H,4-6H2,1-3H3,(H,13,14). The molecule has 0 aromatic carbocycles. The van der Waals surface area contributed by atoms with Crippen LogP contribution in [0, 0.1) is 0 Å². The second-order valence-electron chi connectivity index (χ2n) is 4.01. The molecule has 15 heavy (non-hydrogen) atoms. The third-order valence-electron chi connectivity index (χ3n) is 2.90. The Kier molecular flexibility index (Phi) is 3.68. The molecule has 0 bridgehead atoms. The molecule has 0 radical (unpaired) electrons. The van der Waals surface area contributed by atoms with E-state index in [-0.39, 0.29) is 18.4 Å². The molecular weight excluding hydrogens is 196 g/mol. The third-order valence-corrected chi connectivity index (χ3v) is 2.90. The number of rotatable bonds is 3. The van der Waals surface area contributed by atoms with Gasteiger partial charge in [-0.15, -0.1) is 0 Å². The van der Waals surface area contributed by atoms with Crippen molar-refractivity contribution < 1.29 is 14.7 Å². The number of hydrogen-bond acceptors (Lipinski definition) is 3. The number of aliphatic carboxylic acids is 1. The maximum Gasteiger partial charge on any atom is 0.305 e. The van der Waals surface area contributed by atoms with E-state index < -0.39 is 12.0 Å². The highest BCUT2D eigenvalue weighted by Gasteiger charge is 2.37. The van der Waals surface area contributed by atoms with Gasteiger partial charge >= 0.3 is 5.97 Å². The monoisotopic (exact) mass is 214 g/mol. The Labute approximate surface area is 89.7 Å². The lowest BCUT2D eigenvalue weighted by Crippen LogP contribution is -2.60. The molecule has 1 heterocycles. The van der Waals surface area contributed by atoms with Crippen LogP contribution in [0.4, 0.5) is 0 Å². The fourth-order valence-corrected chi connectivity index (χ4v) is 2.20. The minimum atomic E-state index is -0.922. The highest BCUT2D eigenvalue weighted by Crippen LogP contribution is 2.18. The summed E-state index contributed by atoms with van der Waals surface area (Å²) in [5, 5.41) is 8.77. The van der Waals surface area contributed by atoms with Crippen LogP contribution >= 0.6 is 0 Å². The van der Waals surface area contributed by atoms with E-state index in [0.29, 0.717) is 13.1 Å². The highest BCUT2D eigenvalue weighted by molar-refractivity contribution is 5.86. The van der Waals surface area contributed by atoms with E-state index >= 15 is 0 Å². The van der Waals surface area contributed by atoms with Crippen molar-refractivity contribution in [1.29, 1.82) is 0 Å². The molecule has 2 unspecified atom stereocenters. The number of likely N-dealkylation sites (N-methyl/N-ethyl adjacent to an activating group) is 2. The number of carbonyl (C=O) groups excluding carboxylic acids is 1. The Morgan fingerprint density at radius 2 is 2.20 bits per heavy atom. The summed E-state index contributed by atoms with van der Waals surface area (Å²) in [6, 6.07) is -0.275. The van der Waals surface area contributed by atoms with Crippen LogP contribution < -0.4 is 0 Å². The number of amides is 1. The number of hydrogen-bond donors (Lipinski definition) is 1. The zero-order valence-electron chi connectivity index (χ0n) is 9.43. The van der Waals surface area contributed by atoms with E-state index in [4.69, 9.17) is 5.11 Å². The predicted molar refractivity (Wildman–Crippen MR) is 55.5 cm³/mol. The first-order valence-electron chi connectivity index (χ1n) is 5.19. The van der Waals surface area contributed by atoms with Crippen LogP contribution in [-0.2, 0) is 9.59 Å². The van der Waals surface area contributed by atoms with Gasteiger partial charge in [-0.1, -0.05) is 6.92 Å². The summed E-state index contributed by atoms with van der Waals surface area (Å²) in [5.74, 6) is -1.01. The topological polar surface area (TPSA) is 60.9 Å². The van der Waals surface area contributed by atoms with Gasteiger partial charge in [0.05, 0.1) is 6.42 Å². The zero-order valence-corrected chi connectivity index (χ0v) is 9.43. The van der Waals surface area contributed by atoms with Crippen LogP contribution in [0.15, 0.2) is 0 Å². The minimum absolute atomic E-state index is 0.0858. The van der Waals surface area contributed by atoms with Crippen LogP contribution in [0.1, 0.15) is 20.3 Å². The second-order valence-corrected chi connectivity index (χ2v) is 4.01. The first kappa shape index (κ1) is 12.0. The quantitative estimate of drug-likeness (QED) is 0.719. The van der Waals surface area contributed by atoms with Gasteiger partial charge in [-0.05, 0) is 13.5 Å². The van der Waals surface area contributed by atoms with Gasteiger partial charge in [-0.3, -0.25) is 14.5 Å². The summed E-state index contributed by atoms with van der Waals surface area (Å²) in [7, 11) is 1.72. The van der Waals surface area contributed by atoms with Crippen molar-refractivity contribution in [3.63, 3.8) is 0 Å². The molecule has 1 fully saturated rings. The van der Waals surface area contributed by atoms with Crippen molar-refractivity contribution in [2.24, 2.45) is 0 Å². The molecule has 1 aliphatic heterocycles. The van der Waals surface area contributed by atoms with Crippen LogP contribution in [0.3, 0.4) is 0 Å². The third kappa shape index (κ3) is 2.47. The fraction of sp³-hybridized carbons (Fsp3) is 0.800. The number of carboxylic acid groups (broad SMARTS) is 1. The maximum absolute atomic E-state index is 11.8. The molecule has 1 N–H and O–H groups in total. The van der Waals surface area contributed by atoms with Crippen molar-refractivity contribution in [3.05, 3.63) is 0 Å². The van der Waals surface area contributed by atoms with Crippen LogP contribution in [-0.4, -0.2) is 59.0 Å². The lowest BCUT2D eigenvalue weighted by Gasteiger charge is -2.42. The smallest absolute Gasteiger partial charge is 0.305 e. The molecule has 2 atom stereocenters. The summed E-state index contributed by atoms with van der Waals surface area (Å²) >= 11 is 0. The molecule has 1 rings (SSSR count). The zero-order chi connectivity index (χ0) is 11.6. The number of carboxylic acids is 1. The second kappa shape index (κ2) is 4.61. The molecular formula is C10H18N2O3. The van der Waals surface area contributed by atoms with Gasteiger partial charge in [-0.25, -0.2) is 0 Å². The number of piperazine rings is 1. The van der Waals surface area contributed by atoms with Gasteiger partial charge in [0.2, 0.25) is 5.91 Å². The first-order chi connectivity index (χ1) is 6.97. The van der Waals surface area contributed by atoms with E-state index in [0.717, 1.165) is 0 Å². The van der Waals surface area contributed by atoms with Crippen LogP contribution in [0.2, 0.25) is 0 Å². The minimum Gasteiger partial charge on any atom is -0.481 e. The molecule has 0 aromatic rings. The number of carbonyl (C=O) groups is 2.